The molecule has 2 aromatic heterocycles. The van der Waals surface area contributed by atoms with Crippen LogP contribution in [0.3, 0.4) is 0 Å². The average Bonchev–Trinajstić information content (AvgIpc) is 2.85. The van der Waals surface area contributed by atoms with E-state index in [1.165, 1.54) is 16.6 Å². The quantitative estimate of drug-likeness (QED) is 0.736. The second-order valence-electron chi connectivity index (χ2n) is 4.07. The van der Waals surface area contributed by atoms with Gasteiger partial charge in [0, 0.05) is 5.56 Å². The number of hydrogen-bond donors (Lipinski definition) is 2. The van der Waals surface area contributed by atoms with Crippen LogP contribution in [-0.4, -0.2) is 30.7 Å². The van der Waals surface area contributed by atoms with E-state index >= 15 is 0 Å². The molecule has 0 aliphatic carbocycles. The summed E-state index contributed by atoms with van der Waals surface area (Å²) in [6.45, 7) is 1.60. The van der Waals surface area contributed by atoms with Gasteiger partial charge in [-0.05, 0) is 31.2 Å². The van der Waals surface area contributed by atoms with Crippen LogP contribution in [0.2, 0.25) is 0 Å². The van der Waals surface area contributed by atoms with Gasteiger partial charge >= 0.3 is 5.97 Å². The molecule has 2 heterocycles. The van der Waals surface area contributed by atoms with Crippen LogP contribution >= 0.6 is 0 Å². The highest BCUT2D eigenvalue weighted by Gasteiger charge is 2.18. The first-order valence-corrected chi connectivity index (χ1v) is 5.50. The van der Waals surface area contributed by atoms with E-state index < -0.39 is 5.97 Å². The molecule has 0 amide bonds. The number of carboxylic acids is 1. The van der Waals surface area contributed by atoms with Crippen molar-refractivity contribution >= 4 is 11.7 Å². The smallest absolute Gasteiger partial charge is 0.356 e. The fourth-order valence-electron chi connectivity index (χ4n) is 1.91. The number of carboxylic acid groups (broad SMARTS) is 1. The lowest BCUT2D eigenvalue weighted by atomic mass is 10.2. The Labute approximate surface area is 106 Å². The monoisotopic (exact) mass is 260 g/mol. The molecule has 0 radical (unpaired) electrons. The molecule has 1 aromatic carbocycles. The molecule has 0 saturated carbocycles. The van der Waals surface area contributed by atoms with Crippen molar-refractivity contribution in [2.75, 3.05) is 0 Å². The minimum absolute atomic E-state index is 0.0378. The van der Waals surface area contributed by atoms with E-state index in [-0.39, 0.29) is 17.3 Å². The molecule has 6 nitrogen and oxygen atoms in total. The number of hydrogen-bond acceptors (Lipinski definition) is 3. The van der Waals surface area contributed by atoms with Gasteiger partial charge in [0.05, 0.1) is 5.69 Å². The van der Waals surface area contributed by atoms with Gasteiger partial charge in [-0.1, -0.05) is 0 Å². The normalized spacial score (nSPS) is 11.1. The summed E-state index contributed by atoms with van der Waals surface area (Å²) in [6.07, 6.45) is 0. The van der Waals surface area contributed by atoms with Crippen molar-refractivity contribution in [3.8, 4) is 11.4 Å². The molecule has 0 saturated heterocycles. The van der Waals surface area contributed by atoms with Crippen LogP contribution < -0.4 is 0 Å². The second-order valence-corrected chi connectivity index (χ2v) is 4.07. The summed E-state index contributed by atoms with van der Waals surface area (Å²) in [5.41, 5.74) is 1.08. The van der Waals surface area contributed by atoms with Crippen LogP contribution in [0.25, 0.3) is 17.2 Å². The molecule has 0 unspecified atom stereocenters. The summed E-state index contributed by atoms with van der Waals surface area (Å²) in [5.74, 6) is -0.722. The maximum absolute atomic E-state index is 12.8. The third-order valence-corrected chi connectivity index (χ3v) is 2.78. The first-order chi connectivity index (χ1) is 9.06. The van der Waals surface area contributed by atoms with Gasteiger partial charge in [-0.15, -0.1) is 0 Å². The highest BCUT2D eigenvalue weighted by molar-refractivity contribution is 5.88. The van der Waals surface area contributed by atoms with E-state index in [1.54, 1.807) is 19.1 Å². The molecule has 3 rings (SSSR count). The Balaban J connectivity index is 2.17. The van der Waals surface area contributed by atoms with Crippen molar-refractivity contribution in [1.82, 2.24) is 19.6 Å². The van der Waals surface area contributed by atoms with Crippen LogP contribution in [0.4, 0.5) is 4.39 Å². The highest BCUT2D eigenvalue weighted by atomic mass is 19.1. The summed E-state index contributed by atoms with van der Waals surface area (Å²) in [7, 11) is 0. The number of imidazole rings is 1. The van der Waals surface area contributed by atoms with E-state index in [2.05, 4.69) is 15.1 Å². The molecule has 0 aliphatic heterocycles. The molecule has 3 aromatic rings. The van der Waals surface area contributed by atoms with Crippen molar-refractivity contribution in [2.24, 2.45) is 0 Å². The Morgan fingerprint density at radius 3 is 2.63 bits per heavy atom. The fraction of sp³-hybridized carbons (Fsp3) is 0.0833. The Bertz CT molecular complexity index is 773. The molecule has 7 heteroatoms. The largest absolute Gasteiger partial charge is 0.476 e. The number of nitrogens with zero attached hydrogens (tertiary/aromatic N) is 3. The minimum Gasteiger partial charge on any atom is -0.476 e. The van der Waals surface area contributed by atoms with Gasteiger partial charge in [-0.25, -0.2) is 18.7 Å². The van der Waals surface area contributed by atoms with Crippen molar-refractivity contribution in [3.63, 3.8) is 0 Å². The fourth-order valence-corrected chi connectivity index (χ4v) is 1.91. The van der Waals surface area contributed by atoms with Gasteiger partial charge in [-0.3, -0.25) is 5.10 Å². The van der Waals surface area contributed by atoms with Crippen LogP contribution in [0.15, 0.2) is 24.3 Å². The predicted molar refractivity (Wildman–Crippen MR) is 64.4 cm³/mol. The lowest BCUT2D eigenvalue weighted by Gasteiger charge is -1.96. The van der Waals surface area contributed by atoms with E-state index in [9.17, 15) is 9.18 Å². The molecular weight excluding hydrogens is 251 g/mol. The van der Waals surface area contributed by atoms with Gasteiger partial charge in [0.2, 0.25) is 0 Å². The van der Waals surface area contributed by atoms with Crippen molar-refractivity contribution in [3.05, 3.63) is 41.5 Å². The number of halogens is 1. The number of H-pyrrole nitrogens is 1. The first kappa shape index (κ1) is 11.4. The molecule has 0 bridgehead atoms. The zero-order valence-corrected chi connectivity index (χ0v) is 9.88. The first-order valence-electron chi connectivity index (χ1n) is 5.50. The van der Waals surface area contributed by atoms with Crippen LogP contribution in [0.1, 0.15) is 16.2 Å². The minimum atomic E-state index is -1.08. The van der Waals surface area contributed by atoms with Crippen molar-refractivity contribution in [1.29, 1.82) is 0 Å². The topological polar surface area (TPSA) is 83.3 Å². The molecule has 0 spiro atoms. The molecule has 0 atom stereocenters. The lowest BCUT2D eigenvalue weighted by molar-refractivity contribution is 0.0687. The third kappa shape index (κ3) is 1.75. The lowest BCUT2D eigenvalue weighted by Crippen LogP contribution is -2.04. The molecule has 0 fully saturated rings. The van der Waals surface area contributed by atoms with E-state index in [0.29, 0.717) is 17.1 Å². The maximum atomic E-state index is 12.8. The second kappa shape index (κ2) is 3.91. The van der Waals surface area contributed by atoms with Gasteiger partial charge < -0.3 is 5.11 Å². The number of aromatic nitrogens is 4. The summed E-state index contributed by atoms with van der Waals surface area (Å²) in [5, 5.41) is 12.0. The molecule has 96 valence electrons. The number of benzene rings is 1. The van der Waals surface area contributed by atoms with Gasteiger partial charge in [0.15, 0.2) is 11.5 Å². The molecular formula is C12H9FN4O2. The third-order valence-electron chi connectivity index (χ3n) is 2.78. The number of rotatable bonds is 2. The zero-order valence-electron chi connectivity index (χ0n) is 9.88. The summed E-state index contributed by atoms with van der Waals surface area (Å²) >= 11 is 0. The van der Waals surface area contributed by atoms with Gasteiger partial charge in [0.25, 0.3) is 5.78 Å². The summed E-state index contributed by atoms with van der Waals surface area (Å²) < 4.78 is 14.1. The molecule has 0 aliphatic rings. The number of aryl methyl sites for hydroxylation is 1. The molecule has 19 heavy (non-hydrogen) atoms. The summed E-state index contributed by atoms with van der Waals surface area (Å²) in [4.78, 5) is 19.4. The number of fused-ring (bicyclic) bond motifs is 1. The van der Waals surface area contributed by atoms with E-state index in [1.807, 2.05) is 0 Å². The Hall–Kier alpha value is -2.70. The highest BCUT2D eigenvalue weighted by Crippen LogP contribution is 2.18. The number of aromatic amines is 1. The SMILES string of the molecule is Cc1nc2nc(-c3ccc(F)cc3)[nH]n2c1C(=O)O. The Morgan fingerprint density at radius 1 is 1.32 bits per heavy atom. The summed E-state index contributed by atoms with van der Waals surface area (Å²) in [6, 6.07) is 5.73. The maximum Gasteiger partial charge on any atom is 0.356 e. The average molecular weight is 260 g/mol. The number of carbonyl (C=O) groups is 1. The Morgan fingerprint density at radius 2 is 2.00 bits per heavy atom. The molecule has 2 N–H and O–H groups in total. The standard InChI is InChI=1S/C12H9FN4O2/c1-6-9(11(18)19)17-12(14-6)15-10(16-17)7-2-4-8(13)5-3-7/h2-5H,1H3,(H,18,19)(H,14,15,16). The van der Waals surface area contributed by atoms with Gasteiger partial charge in [0.1, 0.15) is 5.82 Å². The number of aromatic carboxylic acids is 1. The van der Waals surface area contributed by atoms with Crippen LogP contribution in [0, 0.1) is 12.7 Å². The Kier molecular flexibility index (Phi) is 2.34. The van der Waals surface area contributed by atoms with Crippen molar-refractivity contribution < 1.29 is 14.3 Å². The van der Waals surface area contributed by atoms with E-state index in [4.69, 9.17) is 5.11 Å². The van der Waals surface area contributed by atoms with Crippen molar-refractivity contribution in [2.45, 2.75) is 6.92 Å². The zero-order chi connectivity index (χ0) is 13.6. The van der Waals surface area contributed by atoms with Gasteiger partial charge in [-0.2, -0.15) is 4.98 Å². The van der Waals surface area contributed by atoms with Crippen LogP contribution in [0.5, 0.6) is 0 Å². The van der Waals surface area contributed by atoms with E-state index in [0.717, 1.165) is 0 Å². The number of nitrogens with one attached hydrogen (secondary N) is 1. The predicted octanol–water partition coefficient (Wildman–Crippen LogP) is 1.87. The van der Waals surface area contributed by atoms with Crippen LogP contribution in [-0.2, 0) is 0 Å².